The molecular formula is C28H30BrN3O2. The Kier molecular flexibility index (Phi) is 8.36. The average Bonchev–Trinajstić information content (AvgIpc) is 3.19. The van der Waals surface area contributed by atoms with Crippen LogP contribution in [0.2, 0.25) is 0 Å². The van der Waals surface area contributed by atoms with E-state index in [4.69, 9.17) is 9.72 Å². The summed E-state index contributed by atoms with van der Waals surface area (Å²) in [5.41, 5.74) is 4.05. The van der Waals surface area contributed by atoms with Crippen LogP contribution in [0.5, 0.6) is 5.75 Å². The number of aromatic nitrogens is 2. The molecule has 1 N–H and O–H groups in total. The summed E-state index contributed by atoms with van der Waals surface area (Å²) in [6.45, 7) is 4.10. The molecule has 34 heavy (non-hydrogen) atoms. The SMILES string of the molecule is Cc1cccc(OCCn2c(CCCCCNC(=O)c3ccc(Br)cc3)nc3ccccc32)c1. The number of ether oxygens (including phenoxy) is 1. The molecule has 0 saturated carbocycles. The van der Waals surface area contributed by atoms with Gasteiger partial charge < -0.3 is 14.6 Å². The summed E-state index contributed by atoms with van der Waals surface area (Å²) < 4.78 is 9.24. The third-order valence-electron chi connectivity index (χ3n) is 5.78. The van der Waals surface area contributed by atoms with E-state index < -0.39 is 0 Å². The van der Waals surface area contributed by atoms with E-state index in [1.807, 2.05) is 42.5 Å². The van der Waals surface area contributed by atoms with Crippen LogP contribution in [0.4, 0.5) is 0 Å². The van der Waals surface area contributed by atoms with E-state index in [0.29, 0.717) is 18.7 Å². The van der Waals surface area contributed by atoms with Gasteiger partial charge >= 0.3 is 0 Å². The number of unbranched alkanes of at least 4 members (excludes halogenated alkanes) is 2. The predicted octanol–water partition coefficient (Wildman–Crippen LogP) is 6.33. The van der Waals surface area contributed by atoms with Gasteiger partial charge in [-0.25, -0.2) is 4.98 Å². The highest BCUT2D eigenvalue weighted by atomic mass is 79.9. The first kappa shape index (κ1) is 24.0. The van der Waals surface area contributed by atoms with Crippen LogP contribution in [0.15, 0.2) is 77.3 Å². The van der Waals surface area contributed by atoms with Gasteiger partial charge in [0.1, 0.15) is 18.2 Å². The van der Waals surface area contributed by atoms with E-state index in [0.717, 1.165) is 59.3 Å². The van der Waals surface area contributed by atoms with Crippen LogP contribution in [0, 0.1) is 6.92 Å². The van der Waals surface area contributed by atoms with Gasteiger partial charge in [-0.2, -0.15) is 0 Å². The van der Waals surface area contributed by atoms with Gasteiger partial charge in [0, 0.05) is 23.0 Å². The van der Waals surface area contributed by atoms with Gasteiger partial charge in [0.25, 0.3) is 5.91 Å². The van der Waals surface area contributed by atoms with Crippen molar-refractivity contribution in [3.8, 4) is 5.75 Å². The Hall–Kier alpha value is -3.12. The monoisotopic (exact) mass is 519 g/mol. The summed E-state index contributed by atoms with van der Waals surface area (Å²) in [6.07, 6.45) is 3.90. The zero-order valence-electron chi connectivity index (χ0n) is 19.5. The molecule has 0 aliphatic carbocycles. The number of hydrogen-bond acceptors (Lipinski definition) is 3. The summed E-state index contributed by atoms with van der Waals surface area (Å²) in [7, 11) is 0. The van der Waals surface area contributed by atoms with Crippen molar-refractivity contribution in [2.45, 2.75) is 39.2 Å². The number of carbonyl (C=O) groups excluding carboxylic acids is 1. The second kappa shape index (κ2) is 11.8. The summed E-state index contributed by atoms with van der Waals surface area (Å²) in [4.78, 5) is 17.1. The van der Waals surface area contributed by atoms with E-state index in [1.54, 1.807) is 0 Å². The molecule has 0 radical (unpaired) electrons. The highest BCUT2D eigenvalue weighted by Crippen LogP contribution is 2.19. The molecule has 4 rings (SSSR count). The summed E-state index contributed by atoms with van der Waals surface area (Å²) in [5, 5.41) is 3.01. The fourth-order valence-corrected chi connectivity index (χ4v) is 4.28. The minimum Gasteiger partial charge on any atom is -0.492 e. The number of nitrogens with zero attached hydrogens (tertiary/aromatic N) is 2. The lowest BCUT2D eigenvalue weighted by Gasteiger charge is -2.11. The number of imidazole rings is 1. The molecule has 176 valence electrons. The summed E-state index contributed by atoms with van der Waals surface area (Å²) in [5.74, 6) is 1.96. The topological polar surface area (TPSA) is 56.1 Å². The lowest BCUT2D eigenvalue weighted by atomic mass is 10.1. The number of nitrogens with one attached hydrogen (secondary N) is 1. The van der Waals surface area contributed by atoms with Gasteiger partial charge in [0.15, 0.2) is 0 Å². The molecule has 6 heteroatoms. The Morgan fingerprint density at radius 2 is 1.82 bits per heavy atom. The molecule has 0 saturated heterocycles. The van der Waals surface area contributed by atoms with Gasteiger partial charge in [0.2, 0.25) is 0 Å². The van der Waals surface area contributed by atoms with E-state index >= 15 is 0 Å². The lowest BCUT2D eigenvalue weighted by molar-refractivity contribution is 0.0953. The number of fused-ring (bicyclic) bond motifs is 1. The first-order valence-electron chi connectivity index (χ1n) is 11.8. The second-order valence-electron chi connectivity index (χ2n) is 8.41. The van der Waals surface area contributed by atoms with Crippen molar-refractivity contribution < 1.29 is 9.53 Å². The van der Waals surface area contributed by atoms with Gasteiger partial charge in [-0.3, -0.25) is 4.79 Å². The van der Waals surface area contributed by atoms with Crippen LogP contribution in [-0.2, 0) is 13.0 Å². The standard InChI is InChI=1S/C28H30BrN3O2/c1-21-8-7-9-24(20-21)34-19-18-32-26-11-5-4-10-25(26)31-27(32)12-3-2-6-17-30-28(33)22-13-15-23(29)16-14-22/h4-5,7-11,13-16,20H,2-3,6,12,17-19H2,1H3,(H,30,33). The van der Waals surface area contributed by atoms with Gasteiger partial charge in [-0.1, -0.05) is 46.6 Å². The zero-order chi connectivity index (χ0) is 23.8. The molecule has 1 heterocycles. The second-order valence-corrected chi connectivity index (χ2v) is 9.32. The van der Waals surface area contributed by atoms with Gasteiger partial charge in [-0.05, 0) is 73.9 Å². The average molecular weight is 520 g/mol. The van der Waals surface area contributed by atoms with E-state index in [2.05, 4.69) is 63.1 Å². The fourth-order valence-electron chi connectivity index (χ4n) is 4.02. The molecule has 4 aromatic rings. The molecule has 0 unspecified atom stereocenters. The lowest BCUT2D eigenvalue weighted by Crippen LogP contribution is -2.24. The molecule has 0 bridgehead atoms. The molecule has 1 aromatic heterocycles. The largest absolute Gasteiger partial charge is 0.492 e. The molecule has 0 atom stereocenters. The van der Waals surface area contributed by atoms with Gasteiger partial charge in [-0.15, -0.1) is 0 Å². The van der Waals surface area contributed by atoms with Crippen molar-refractivity contribution in [1.29, 1.82) is 0 Å². The van der Waals surface area contributed by atoms with Crippen molar-refractivity contribution in [1.82, 2.24) is 14.9 Å². The Labute approximate surface area is 209 Å². The number of halogens is 1. The third kappa shape index (κ3) is 6.48. The molecule has 1 amide bonds. The number of rotatable bonds is 11. The minimum atomic E-state index is -0.0251. The molecule has 5 nitrogen and oxygen atoms in total. The van der Waals surface area contributed by atoms with Crippen LogP contribution in [0.3, 0.4) is 0 Å². The summed E-state index contributed by atoms with van der Waals surface area (Å²) in [6, 6.07) is 23.8. The predicted molar refractivity (Wildman–Crippen MR) is 140 cm³/mol. The normalized spacial score (nSPS) is 11.0. The molecule has 0 aliphatic rings. The highest BCUT2D eigenvalue weighted by Gasteiger charge is 2.11. The molecule has 0 fully saturated rings. The Morgan fingerprint density at radius 3 is 2.65 bits per heavy atom. The molecule has 0 aliphatic heterocycles. The number of aryl methyl sites for hydroxylation is 2. The van der Waals surface area contributed by atoms with Crippen LogP contribution in [-0.4, -0.2) is 28.6 Å². The quantitative estimate of drug-likeness (QED) is 0.235. The highest BCUT2D eigenvalue weighted by molar-refractivity contribution is 9.10. The van der Waals surface area contributed by atoms with Crippen LogP contribution in [0.1, 0.15) is 41.0 Å². The number of amides is 1. The smallest absolute Gasteiger partial charge is 0.251 e. The first-order valence-corrected chi connectivity index (χ1v) is 12.6. The molecule has 0 spiro atoms. The van der Waals surface area contributed by atoms with E-state index in [-0.39, 0.29) is 5.91 Å². The maximum absolute atomic E-state index is 12.2. The zero-order valence-corrected chi connectivity index (χ0v) is 21.1. The van der Waals surface area contributed by atoms with Crippen molar-refractivity contribution in [2.75, 3.05) is 13.2 Å². The van der Waals surface area contributed by atoms with E-state index in [9.17, 15) is 4.79 Å². The van der Waals surface area contributed by atoms with Gasteiger partial charge in [0.05, 0.1) is 17.6 Å². The number of benzene rings is 3. The fraction of sp³-hybridized carbons (Fsp3) is 0.286. The Bertz CT molecular complexity index is 1230. The molecule has 3 aromatic carbocycles. The number of carbonyl (C=O) groups is 1. The Balaban J connectivity index is 1.26. The van der Waals surface area contributed by atoms with Crippen LogP contribution >= 0.6 is 15.9 Å². The minimum absolute atomic E-state index is 0.0251. The number of para-hydroxylation sites is 2. The maximum Gasteiger partial charge on any atom is 0.251 e. The van der Waals surface area contributed by atoms with Crippen molar-refractivity contribution >= 4 is 32.9 Å². The van der Waals surface area contributed by atoms with Crippen LogP contribution in [0.25, 0.3) is 11.0 Å². The molecular weight excluding hydrogens is 490 g/mol. The third-order valence-corrected chi connectivity index (χ3v) is 6.30. The Morgan fingerprint density at radius 1 is 1.00 bits per heavy atom. The van der Waals surface area contributed by atoms with Crippen molar-refractivity contribution in [3.05, 3.63) is 94.2 Å². The number of hydrogen-bond donors (Lipinski definition) is 1. The van der Waals surface area contributed by atoms with Crippen molar-refractivity contribution in [3.63, 3.8) is 0 Å². The maximum atomic E-state index is 12.2. The van der Waals surface area contributed by atoms with E-state index in [1.165, 1.54) is 5.56 Å². The summed E-state index contributed by atoms with van der Waals surface area (Å²) >= 11 is 3.39. The van der Waals surface area contributed by atoms with Crippen LogP contribution < -0.4 is 10.1 Å². The van der Waals surface area contributed by atoms with Crippen molar-refractivity contribution in [2.24, 2.45) is 0 Å². The first-order chi connectivity index (χ1) is 16.6.